The predicted octanol–water partition coefficient (Wildman–Crippen LogP) is 2.33. The molecule has 1 aromatic carbocycles. The third kappa shape index (κ3) is 4.73. The first kappa shape index (κ1) is 17.4. The van der Waals surface area contributed by atoms with Gasteiger partial charge < -0.3 is 14.3 Å². The van der Waals surface area contributed by atoms with E-state index < -0.39 is 5.97 Å². The van der Waals surface area contributed by atoms with E-state index in [2.05, 4.69) is 5.16 Å². The van der Waals surface area contributed by atoms with Gasteiger partial charge in [-0.2, -0.15) is 0 Å². The molecule has 0 spiro atoms. The van der Waals surface area contributed by atoms with E-state index >= 15 is 0 Å². The second-order valence-corrected chi connectivity index (χ2v) is 4.42. The Morgan fingerprint density at radius 2 is 1.86 bits per heavy atom. The van der Waals surface area contributed by atoms with Gasteiger partial charge in [0.1, 0.15) is 17.9 Å². The Morgan fingerprint density at radius 3 is 2.45 bits per heavy atom. The Kier molecular flexibility index (Phi) is 6.82. The van der Waals surface area contributed by atoms with Gasteiger partial charge in [0.05, 0.1) is 20.5 Å². The Hall–Kier alpha value is -2.63. The molecule has 0 aliphatic carbocycles. The summed E-state index contributed by atoms with van der Waals surface area (Å²) in [5.74, 6) is -0.680. The van der Waals surface area contributed by atoms with Crippen LogP contribution >= 0.6 is 0 Å². The monoisotopic (exact) mass is 305 g/mol. The normalized spacial score (nSPS) is 11.8. The Labute approximate surface area is 129 Å². The van der Waals surface area contributed by atoms with Crippen LogP contribution in [0.25, 0.3) is 5.57 Å². The summed E-state index contributed by atoms with van der Waals surface area (Å²) < 4.78 is 9.68. The third-order valence-corrected chi connectivity index (χ3v) is 2.88. The van der Waals surface area contributed by atoms with Crippen LogP contribution in [0, 0.1) is 0 Å². The third-order valence-electron chi connectivity index (χ3n) is 2.88. The summed E-state index contributed by atoms with van der Waals surface area (Å²) in [6.45, 7) is 3.09. The van der Waals surface area contributed by atoms with Crippen molar-refractivity contribution in [2.24, 2.45) is 5.16 Å². The molecule has 0 fully saturated rings. The van der Waals surface area contributed by atoms with Crippen molar-refractivity contribution < 1.29 is 23.9 Å². The van der Waals surface area contributed by atoms with E-state index in [0.29, 0.717) is 5.56 Å². The highest BCUT2D eigenvalue weighted by Gasteiger charge is 2.16. The number of nitrogens with zero attached hydrogens (tertiary/aromatic N) is 1. The summed E-state index contributed by atoms with van der Waals surface area (Å²) in [6, 6.07) is 7.14. The van der Waals surface area contributed by atoms with Crippen LogP contribution in [0.5, 0.6) is 0 Å². The number of Topliss-reactive ketones (excluding diaryl/α,β-unsaturated/α-hetero) is 1. The largest absolute Gasteiger partial charge is 0.503 e. The predicted molar refractivity (Wildman–Crippen MR) is 82.0 cm³/mol. The van der Waals surface area contributed by atoms with E-state index in [1.54, 1.807) is 25.1 Å². The van der Waals surface area contributed by atoms with E-state index in [0.717, 1.165) is 5.56 Å². The summed E-state index contributed by atoms with van der Waals surface area (Å²) >= 11 is 0. The summed E-state index contributed by atoms with van der Waals surface area (Å²) in [5, 5.41) is 3.73. The number of methoxy groups -OCH3 is 2. The van der Waals surface area contributed by atoms with Crippen molar-refractivity contribution in [3.05, 3.63) is 41.7 Å². The van der Waals surface area contributed by atoms with Crippen molar-refractivity contribution in [2.45, 2.75) is 20.5 Å². The first-order valence-corrected chi connectivity index (χ1v) is 6.58. The van der Waals surface area contributed by atoms with Gasteiger partial charge in [-0.1, -0.05) is 29.4 Å². The van der Waals surface area contributed by atoms with Crippen LogP contribution in [0.3, 0.4) is 0 Å². The van der Waals surface area contributed by atoms with Gasteiger partial charge in [-0.05, 0) is 12.5 Å². The molecule has 0 aliphatic rings. The van der Waals surface area contributed by atoms with E-state index in [4.69, 9.17) is 14.3 Å². The van der Waals surface area contributed by atoms with Gasteiger partial charge >= 0.3 is 5.97 Å². The highest BCUT2D eigenvalue weighted by molar-refractivity contribution is 6.37. The molecule has 0 amide bonds. The molecule has 0 atom stereocenters. The minimum Gasteiger partial charge on any atom is -0.503 e. The number of carbonyl (C=O) groups excluding carboxylic acids is 2. The molecule has 118 valence electrons. The zero-order chi connectivity index (χ0) is 16.5. The number of ketones is 1. The van der Waals surface area contributed by atoms with Gasteiger partial charge in [0.2, 0.25) is 0 Å². The number of carbonyl (C=O) groups is 2. The van der Waals surface area contributed by atoms with Crippen LogP contribution in [-0.2, 0) is 30.5 Å². The second kappa shape index (κ2) is 8.61. The van der Waals surface area contributed by atoms with E-state index in [9.17, 15) is 9.59 Å². The van der Waals surface area contributed by atoms with Crippen LogP contribution < -0.4 is 0 Å². The van der Waals surface area contributed by atoms with E-state index in [1.807, 2.05) is 6.07 Å². The fourth-order valence-electron chi connectivity index (χ4n) is 1.62. The molecule has 0 bridgehead atoms. The summed E-state index contributed by atoms with van der Waals surface area (Å²) in [7, 11) is 2.74. The minimum atomic E-state index is -0.516. The quantitative estimate of drug-likeness (QED) is 0.254. The van der Waals surface area contributed by atoms with Crippen LogP contribution in [-0.4, -0.2) is 31.7 Å². The maximum atomic E-state index is 11.8. The average Bonchev–Trinajstić information content (AvgIpc) is 2.52. The van der Waals surface area contributed by atoms with Crippen molar-refractivity contribution >= 4 is 23.0 Å². The number of esters is 1. The average molecular weight is 305 g/mol. The number of benzene rings is 1. The number of hydrogen-bond acceptors (Lipinski definition) is 6. The molecule has 1 aromatic rings. The highest BCUT2D eigenvalue weighted by atomic mass is 16.6. The number of rotatable bonds is 7. The zero-order valence-corrected chi connectivity index (χ0v) is 13.1. The van der Waals surface area contributed by atoms with Crippen molar-refractivity contribution in [1.29, 1.82) is 0 Å². The lowest BCUT2D eigenvalue weighted by Crippen LogP contribution is -2.08. The topological polar surface area (TPSA) is 74.2 Å². The molecule has 1 rings (SSSR count). The molecule has 0 unspecified atom stereocenters. The first-order valence-electron chi connectivity index (χ1n) is 6.58. The fraction of sp³-hybridized carbons (Fsp3) is 0.312. The maximum absolute atomic E-state index is 11.8. The highest BCUT2D eigenvalue weighted by Crippen LogP contribution is 2.21. The molecule has 0 saturated carbocycles. The standard InChI is InChI=1S/C16H19NO5/c1-11(12(2)18)17-22-9-13-7-5-6-8-14(13)15(10-20-3)16(19)21-4/h5-8,10H,9H2,1-4H3. The summed E-state index contributed by atoms with van der Waals surface area (Å²) in [6.07, 6.45) is 1.31. The van der Waals surface area contributed by atoms with E-state index in [1.165, 1.54) is 27.4 Å². The van der Waals surface area contributed by atoms with Gasteiger partial charge in [0.25, 0.3) is 0 Å². The van der Waals surface area contributed by atoms with Crippen molar-refractivity contribution in [2.75, 3.05) is 14.2 Å². The van der Waals surface area contributed by atoms with Crippen LogP contribution in [0.15, 0.2) is 35.7 Å². The molecule has 0 heterocycles. The van der Waals surface area contributed by atoms with Crippen molar-refractivity contribution in [3.8, 4) is 0 Å². The molecule has 0 saturated heterocycles. The van der Waals surface area contributed by atoms with Crippen LogP contribution in [0.2, 0.25) is 0 Å². The summed E-state index contributed by atoms with van der Waals surface area (Å²) in [4.78, 5) is 28.1. The molecular formula is C16H19NO5. The van der Waals surface area contributed by atoms with Gasteiger partial charge in [0, 0.05) is 12.5 Å². The fourth-order valence-corrected chi connectivity index (χ4v) is 1.62. The van der Waals surface area contributed by atoms with Crippen molar-refractivity contribution in [3.63, 3.8) is 0 Å². The molecule has 0 N–H and O–H groups in total. The van der Waals surface area contributed by atoms with Crippen LogP contribution in [0.4, 0.5) is 0 Å². The molecule has 22 heavy (non-hydrogen) atoms. The Balaban J connectivity index is 3.03. The van der Waals surface area contributed by atoms with Gasteiger partial charge in [0.15, 0.2) is 5.78 Å². The molecule has 0 aliphatic heterocycles. The van der Waals surface area contributed by atoms with Gasteiger partial charge in [-0.3, -0.25) is 4.79 Å². The summed E-state index contributed by atoms with van der Waals surface area (Å²) in [5.41, 5.74) is 1.89. The maximum Gasteiger partial charge on any atom is 0.341 e. The molecule has 6 heteroatoms. The number of oxime groups is 1. The van der Waals surface area contributed by atoms with Crippen LogP contribution in [0.1, 0.15) is 25.0 Å². The SMILES string of the molecule is COC=C(C(=O)OC)c1ccccc1CON=C(C)C(C)=O. The van der Waals surface area contributed by atoms with Gasteiger partial charge in [-0.15, -0.1) is 0 Å². The zero-order valence-electron chi connectivity index (χ0n) is 13.1. The smallest absolute Gasteiger partial charge is 0.341 e. The lowest BCUT2D eigenvalue weighted by molar-refractivity contribution is -0.133. The number of ether oxygens (including phenoxy) is 2. The first-order chi connectivity index (χ1) is 10.5. The molecule has 0 aromatic heterocycles. The Bertz CT molecular complexity index is 604. The molecule has 0 radical (unpaired) electrons. The minimum absolute atomic E-state index is 0.110. The second-order valence-electron chi connectivity index (χ2n) is 4.42. The molecule has 6 nitrogen and oxygen atoms in total. The van der Waals surface area contributed by atoms with E-state index in [-0.39, 0.29) is 23.7 Å². The van der Waals surface area contributed by atoms with Gasteiger partial charge in [-0.25, -0.2) is 4.79 Å². The number of hydrogen-bond donors (Lipinski definition) is 0. The molecular weight excluding hydrogens is 286 g/mol. The Morgan fingerprint density at radius 1 is 1.18 bits per heavy atom. The van der Waals surface area contributed by atoms with Crippen molar-refractivity contribution in [1.82, 2.24) is 0 Å². The lowest BCUT2D eigenvalue weighted by atomic mass is 10.0. The lowest BCUT2D eigenvalue weighted by Gasteiger charge is -2.10.